The van der Waals surface area contributed by atoms with Gasteiger partial charge in [-0.25, -0.2) is 0 Å². The number of aromatic amines is 1. The van der Waals surface area contributed by atoms with Crippen LogP contribution in [0.25, 0.3) is 0 Å². The Morgan fingerprint density at radius 2 is 2.05 bits per heavy atom. The molecule has 1 heterocycles. The number of hydrogen-bond acceptors (Lipinski definition) is 3. The van der Waals surface area contributed by atoms with E-state index in [-0.39, 0.29) is 22.0 Å². The first-order valence-corrected chi connectivity index (χ1v) is 6.08. The second-order valence-electron chi connectivity index (χ2n) is 3.92. The number of carbonyl (C=O) groups excluding carboxylic acids is 1. The van der Waals surface area contributed by atoms with E-state index >= 15 is 0 Å². The molecule has 0 radical (unpaired) electrons. The summed E-state index contributed by atoms with van der Waals surface area (Å²) in [6.45, 7) is -2.99. The molecule has 0 unspecified atom stereocenters. The topological polar surface area (TPSA) is 71.2 Å². The molecule has 0 aliphatic carbocycles. The quantitative estimate of drug-likeness (QED) is 0.911. The molecule has 0 aliphatic heterocycles. The lowest BCUT2D eigenvalue weighted by molar-refractivity contribution is -0.0497. The highest BCUT2D eigenvalue weighted by atomic mass is 35.5. The third kappa shape index (κ3) is 4.03. The Hall–Kier alpha value is -2.41. The average Bonchev–Trinajstić information content (AvgIpc) is 2.41. The zero-order chi connectivity index (χ0) is 15.4. The molecule has 2 rings (SSSR count). The minimum Gasteiger partial charge on any atom is -0.433 e. The van der Waals surface area contributed by atoms with Crippen LogP contribution < -0.4 is 15.6 Å². The summed E-state index contributed by atoms with van der Waals surface area (Å²) < 4.78 is 28.4. The van der Waals surface area contributed by atoms with Crippen molar-refractivity contribution in [1.82, 2.24) is 4.98 Å². The Labute approximate surface area is 122 Å². The molecule has 8 heteroatoms. The molecule has 110 valence electrons. The molecular formula is C13H9ClF2N2O3. The van der Waals surface area contributed by atoms with E-state index in [9.17, 15) is 18.4 Å². The van der Waals surface area contributed by atoms with Gasteiger partial charge in [-0.15, -0.1) is 0 Å². The van der Waals surface area contributed by atoms with Crippen LogP contribution in [0, 0.1) is 0 Å². The van der Waals surface area contributed by atoms with Gasteiger partial charge in [-0.1, -0.05) is 11.6 Å². The highest BCUT2D eigenvalue weighted by Gasteiger charge is 2.11. The number of H-pyrrole nitrogens is 1. The van der Waals surface area contributed by atoms with E-state index in [0.29, 0.717) is 0 Å². The number of pyridine rings is 1. The van der Waals surface area contributed by atoms with Gasteiger partial charge in [0.15, 0.2) is 0 Å². The predicted octanol–water partition coefficient (Wildman–Crippen LogP) is 2.88. The van der Waals surface area contributed by atoms with E-state index in [1.165, 1.54) is 30.5 Å². The van der Waals surface area contributed by atoms with Crippen LogP contribution in [-0.4, -0.2) is 17.5 Å². The Kier molecular flexibility index (Phi) is 4.54. The molecule has 0 spiro atoms. The number of rotatable bonds is 4. The Bertz CT molecular complexity index is 719. The number of anilines is 1. The van der Waals surface area contributed by atoms with Gasteiger partial charge < -0.3 is 15.0 Å². The van der Waals surface area contributed by atoms with Crippen LogP contribution >= 0.6 is 11.6 Å². The maximum absolute atomic E-state index is 12.1. The number of amides is 1. The van der Waals surface area contributed by atoms with Crippen LogP contribution in [0.15, 0.2) is 41.3 Å². The zero-order valence-corrected chi connectivity index (χ0v) is 11.2. The number of alkyl halides is 2. The smallest absolute Gasteiger partial charge is 0.387 e. The Morgan fingerprint density at radius 3 is 2.67 bits per heavy atom. The lowest BCUT2D eigenvalue weighted by atomic mass is 10.2. The molecule has 2 N–H and O–H groups in total. The number of nitrogens with one attached hydrogen (secondary N) is 2. The molecule has 0 bridgehead atoms. The van der Waals surface area contributed by atoms with E-state index in [1.807, 2.05) is 0 Å². The van der Waals surface area contributed by atoms with Crippen molar-refractivity contribution < 1.29 is 18.3 Å². The Balaban J connectivity index is 2.15. The van der Waals surface area contributed by atoms with Crippen molar-refractivity contribution in [3.8, 4) is 5.75 Å². The van der Waals surface area contributed by atoms with Gasteiger partial charge in [-0.05, 0) is 24.3 Å². The summed E-state index contributed by atoms with van der Waals surface area (Å²) in [4.78, 5) is 25.4. The monoisotopic (exact) mass is 314 g/mol. The minimum atomic E-state index is -2.99. The standard InChI is InChI=1S/C13H9ClF2N2O3/c14-9-6-8(1-2-10(9)21-13(15)16)18-12(20)7-3-4-17-11(19)5-7/h1-6,13H,(H,17,19)(H,18,20). The molecule has 0 saturated heterocycles. The molecule has 1 aromatic carbocycles. The highest BCUT2D eigenvalue weighted by Crippen LogP contribution is 2.29. The number of benzene rings is 1. The van der Waals surface area contributed by atoms with Crippen LogP contribution in [0.4, 0.5) is 14.5 Å². The van der Waals surface area contributed by atoms with Gasteiger partial charge in [0, 0.05) is 23.5 Å². The van der Waals surface area contributed by atoms with E-state index in [1.54, 1.807) is 0 Å². The number of carbonyl (C=O) groups is 1. The highest BCUT2D eigenvalue weighted by molar-refractivity contribution is 6.32. The largest absolute Gasteiger partial charge is 0.433 e. The third-order valence-electron chi connectivity index (χ3n) is 2.44. The van der Waals surface area contributed by atoms with E-state index in [0.717, 1.165) is 6.07 Å². The van der Waals surface area contributed by atoms with Crippen LogP contribution in [0.1, 0.15) is 10.4 Å². The zero-order valence-electron chi connectivity index (χ0n) is 10.4. The van der Waals surface area contributed by atoms with Gasteiger partial charge in [-0.3, -0.25) is 9.59 Å². The first-order valence-electron chi connectivity index (χ1n) is 5.70. The maximum Gasteiger partial charge on any atom is 0.387 e. The van der Waals surface area contributed by atoms with Gasteiger partial charge >= 0.3 is 6.61 Å². The van der Waals surface area contributed by atoms with E-state index < -0.39 is 18.1 Å². The number of ether oxygens (including phenoxy) is 1. The fourth-order valence-electron chi connectivity index (χ4n) is 1.56. The lowest BCUT2D eigenvalue weighted by Gasteiger charge is -2.09. The van der Waals surface area contributed by atoms with Crippen molar-refractivity contribution in [2.24, 2.45) is 0 Å². The molecule has 5 nitrogen and oxygen atoms in total. The molecule has 0 saturated carbocycles. The SMILES string of the molecule is O=C(Nc1ccc(OC(F)F)c(Cl)c1)c1cc[nH]c(=O)c1. The van der Waals surface area contributed by atoms with Crippen LogP contribution in [0.5, 0.6) is 5.75 Å². The van der Waals surface area contributed by atoms with Crippen molar-refractivity contribution in [1.29, 1.82) is 0 Å². The summed E-state index contributed by atoms with van der Waals surface area (Å²) in [6.07, 6.45) is 1.34. The first kappa shape index (κ1) is 15.0. The van der Waals surface area contributed by atoms with Gasteiger partial charge in [0.2, 0.25) is 5.56 Å². The minimum absolute atomic E-state index is 0.0704. The fourth-order valence-corrected chi connectivity index (χ4v) is 1.78. The second-order valence-corrected chi connectivity index (χ2v) is 4.33. The molecule has 2 aromatic rings. The normalized spacial score (nSPS) is 10.5. The maximum atomic E-state index is 12.1. The van der Waals surface area contributed by atoms with Crippen molar-refractivity contribution in [2.45, 2.75) is 6.61 Å². The molecule has 0 fully saturated rings. The summed E-state index contributed by atoms with van der Waals surface area (Å²) in [7, 11) is 0. The third-order valence-corrected chi connectivity index (χ3v) is 2.74. The van der Waals surface area contributed by atoms with Crippen molar-refractivity contribution >= 4 is 23.2 Å². The summed E-state index contributed by atoms with van der Waals surface area (Å²) in [6, 6.07) is 6.39. The van der Waals surface area contributed by atoms with E-state index in [4.69, 9.17) is 11.6 Å². The summed E-state index contributed by atoms with van der Waals surface area (Å²) in [5, 5.41) is 2.42. The molecule has 0 aliphatic rings. The fraction of sp³-hybridized carbons (Fsp3) is 0.0769. The van der Waals surface area contributed by atoms with Crippen molar-refractivity contribution in [3.05, 3.63) is 57.5 Å². The first-order chi connectivity index (χ1) is 9.95. The predicted molar refractivity (Wildman–Crippen MR) is 73.1 cm³/mol. The average molecular weight is 315 g/mol. The molecule has 1 aromatic heterocycles. The van der Waals surface area contributed by atoms with Gasteiger partial charge in [0.05, 0.1) is 5.02 Å². The van der Waals surface area contributed by atoms with Crippen molar-refractivity contribution in [3.63, 3.8) is 0 Å². The molecular weight excluding hydrogens is 306 g/mol. The Morgan fingerprint density at radius 1 is 1.29 bits per heavy atom. The van der Waals surface area contributed by atoms with Crippen LogP contribution in [-0.2, 0) is 0 Å². The number of aromatic nitrogens is 1. The molecule has 0 atom stereocenters. The van der Waals surface area contributed by atoms with Gasteiger partial charge in [0.25, 0.3) is 5.91 Å². The lowest BCUT2D eigenvalue weighted by Crippen LogP contribution is -2.15. The van der Waals surface area contributed by atoms with Gasteiger partial charge in [0.1, 0.15) is 5.75 Å². The second kappa shape index (κ2) is 6.36. The molecule has 21 heavy (non-hydrogen) atoms. The van der Waals surface area contributed by atoms with Gasteiger partial charge in [-0.2, -0.15) is 8.78 Å². The summed E-state index contributed by atoms with van der Waals surface area (Å²) in [5.41, 5.74) is 0.0241. The number of halogens is 3. The van der Waals surface area contributed by atoms with Crippen molar-refractivity contribution in [2.75, 3.05) is 5.32 Å². The summed E-state index contributed by atoms with van der Waals surface area (Å²) >= 11 is 5.76. The summed E-state index contributed by atoms with van der Waals surface area (Å²) in [5.74, 6) is -0.722. The van der Waals surface area contributed by atoms with E-state index in [2.05, 4.69) is 15.0 Å². The number of hydrogen-bond donors (Lipinski definition) is 2. The van der Waals surface area contributed by atoms with Crippen LogP contribution in [0.3, 0.4) is 0 Å². The molecule has 1 amide bonds. The van der Waals surface area contributed by atoms with Crippen LogP contribution in [0.2, 0.25) is 5.02 Å².